The number of anilines is 3. The Labute approximate surface area is 130 Å². The summed E-state index contributed by atoms with van der Waals surface area (Å²) in [5.74, 6) is -0.774. The van der Waals surface area contributed by atoms with Gasteiger partial charge in [-0.3, -0.25) is 4.79 Å². The van der Waals surface area contributed by atoms with E-state index in [1.807, 2.05) is 19.0 Å². The van der Waals surface area contributed by atoms with Gasteiger partial charge in [0.15, 0.2) is 0 Å². The molecule has 2 rings (SSSR count). The number of carbonyl (C=O) groups is 1. The Morgan fingerprint density at radius 2 is 1.95 bits per heavy atom. The van der Waals surface area contributed by atoms with Crippen LogP contribution in [0.25, 0.3) is 0 Å². The largest absolute Gasteiger partial charge is 0.397 e. The highest BCUT2D eigenvalue weighted by atomic mass is 79.9. The van der Waals surface area contributed by atoms with Crippen LogP contribution >= 0.6 is 15.9 Å². The molecule has 0 spiro atoms. The van der Waals surface area contributed by atoms with E-state index in [0.29, 0.717) is 21.4 Å². The minimum atomic E-state index is -0.435. The van der Waals surface area contributed by atoms with Crippen molar-refractivity contribution in [1.82, 2.24) is 0 Å². The molecule has 110 valence electrons. The van der Waals surface area contributed by atoms with E-state index in [2.05, 4.69) is 21.2 Å². The van der Waals surface area contributed by atoms with E-state index in [4.69, 9.17) is 5.73 Å². The lowest BCUT2D eigenvalue weighted by molar-refractivity contribution is 0.102. The monoisotopic (exact) mass is 351 g/mol. The molecule has 2 aromatic rings. The molecule has 0 aromatic heterocycles. The predicted octanol–water partition coefficient (Wildman–Crippen LogP) is 3.49. The van der Waals surface area contributed by atoms with Crippen LogP contribution in [0.3, 0.4) is 0 Å². The van der Waals surface area contributed by atoms with E-state index in [0.717, 1.165) is 5.69 Å². The second kappa shape index (κ2) is 6.13. The van der Waals surface area contributed by atoms with E-state index in [1.54, 1.807) is 24.3 Å². The van der Waals surface area contributed by atoms with Crippen LogP contribution in [0.1, 0.15) is 10.4 Å². The Morgan fingerprint density at radius 3 is 2.52 bits per heavy atom. The van der Waals surface area contributed by atoms with Crippen molar-refractivity contribution in [3.63, 3.8) is 0 Å². The summed E-state index contributed by atoms with van der Waals surface area (Å²) < 4.78 is 13.8. The molecule has 0 aliphatic rings. The zero-order valence-corrected chi connectivity index (χ0v) is 13.2. The van der Waals surface area contributed by atoms with E-state index in [1.165, 1.54) is 12.1 Å². The first-order chi connectivity index (χ1) is 9.88. The Kier molecular flexibility index (Phi) is 4.47. The number of benzene rings is 2. The Balaban J connectivity index is 2.20. The molecule has 2 aromatic carbocycles. The summed E-state index contributed by atoms with van der Waals surface area (Å²) >= 11 is 3.06. The van der Waals surface area contributed by atoms with Gasteiger partial charge in [-0.1, -0.05) is 0 Å². The van der Waals surface area contributed by atoms with E-state index >= 15 is 0 Å². The van der Waals surface area contributed by atoms with Crippen LogP contribution in [0.4, 0.5) is 21.5 Å². The fraction of sp³-hybridized carbons (Fsp3) is 0.133. The van der Waals surface area contributed by atoms with Gasteiger partial charge in [-0.2, -0.15) is 0 Å². The number of carbonyl (C=O) groups excluding carboxylic acids is 1. The van der Waals surface area contributed by atoms with Gasteiger partial charge in [0.25, 0.3) is 5.91 Å². The van der Waals surface area contributed by atoms with Crippen LogP contribution in [0.15, 0.2) is 40.9 Å². The summed E-state index contributed by atoms with van der Waals surface area (Å²) in [6.45, 7) is 0. The second-order valence-corrected chi connectivity index (χ2v) is 5.61. The van der Waals surface area contributed by atoms with Crippen LogP contribution in [-0.2, 0) is 0 Å². The van der Waals surface area contributed by atoms with Gasteiger partial charge in [-0.25, -0.2) is 4.39 Å². The SMILES string of the molecule is CN(C)c1ccc(C(=O)Nc2ccc(Br)c(F)c2)cc1N. The molecule has 0 unspecified atom stereocenters. The number of nitrogens with one attached hydrogen (secondary N) is 1. The van der Waals surface area contributed by atoms with Crippen molar-refractivity contribution in [2.45, 2.75) is 0 Å². The summed E-state index contributed by atoms with van der Waals surface area (Å²) in [5, 5.41) is 2.63. The van der Waals surface area contributed by atoms with Crippen LogP contribution in [0.2, 0.25) is 0 Å². The number of amides is 1. The minimum Gasteiger partial charge on any atom is -0.397 e. The average molecular weight is 352 g/mol. The summed E-state index contributed by atoms with van der Waals surface area (Å²) in [6.07, 6.45) is 0. The highest BCUT2D eigenvalue weighted by molar-refractivity contribution is 9.10. The first-order valence-electron chi connectivity index (χ1n) is 6.21. The van der Waals surface area contributed by atoms with Crippen molar-refractivity contribution < 1.29 is 9.18 Å². The van der Waals surface area contributed by atoms with Crippen LogP contribution in [0.5, 0.6) is 0 Å². The van der Waals surface area contributed by atoms with Crippen molar-refractivity contribution in [2.75, 3.05) is 30.0 Å². The maximum atomic E-state index is 13.4. The molecule has 3 N–H and O–H groups in total. The maximum absolute atomic E-state index is 13.4. The molecule has 0 aliphatic heterocycles. The average Bonchev–Trinajstić information content (AvgIpc) is 2.42. The lowest BCUT2D eigenvalue weighted by atomic mass is 10.1. The molecule has 0 fully saturated rings. The number of nitrogen functional groups attached to an aromatic ring is 1. The Morgan fingerprint density at radius 1 is 1.24 bits per heavy atom. The molecule has 0 saturated carbocycles. The standard InChI is InChI=1S/C15H15BrFN3O/c1-20(2)14-6-3-9(7-13(14)18)15(21)19-10-4-5-11(16)12(17)8-10/h3-8H,18H2,1-2H3,(H,19,21). The quantitative estimate of drug-likeness (QED) is 0.832. The molecule has 6 heteroatoms. The molecular weight excluding hydrogens is 337 g/mol. The van der Waals surface area contributed by atoms with Crippen molar-refractivity contribution >= 4 is 38.9 Å². The van der Waals surface area contributed by atoms with Gasteiger partial charge in [0.2, 0.25) is 0 Å². The normalized spacial score (nSPS) is 10.3. The van der Waals surface area contributed by atoms with Crippen molar-refractivity contribution in [3.8, 4) is 0 Å². The fourth-order valence-electron chi connectivity index (χ4n) is 1.88. The van der Waals surface area contributed by atoms with Crippen molar-refractivity contribution in [1.29, 1.82) is 0 Å². The summed E-state index contributed by atoms with van der Waals surface area (Å²) in [7, 11) is 3.74. The van der Waals surface area contributed by atoms with Gasteiger partial charge in [-0.15, -0.1) is 0 Å². The molecule has 21 heavy (non-hydrogen) atoms. The third-order valence-electron chi connectivity index (χ3n) is 2.95. The van der Waals surface area contributed by atoms with Crippen molar-refractivity contribution in [2.24, 2.45) is 0 Å². The Hall–Kier alpha value is -2.08. The number of nitrogens with zero attached hydrogens (tertiary/aromatic N) is 1. The third kappa shape index (κ3) is 3.52. The lowest BCUT2D eigenvalue weighted by Crippen LogP contribution is -2.15. The number of hydrogen-bond acceptors (Lipinski definition) is 3. The van der Waals surface area contributed by atoms with E-state index in [-0.39, 0.29) is 5.91 Å². The molecule has 1 amide bonds. The summed E-state index contributed by atoms with van der Waals surface area (Å²) in [5.41, 5.74) is 8.06. The van der Waals surface area contributed by atoms with Gasteiger partial charge >= 0.3 is 0 Å². The first kappa shape index (κ1) is 15.3. The van der Waals surface area contributed by atoms with Crippen molar-refractivity contribution in [3.05, 3.63) is 52.3 Å². The van der Waals surface area contributed by atoms with Gasteiger partial charge in [0.05, 0.1) is 15.8 Å². The smallest absolute Gasteiger partial charge is 0.255 e. The third-order valence-corrected chi connectivity index (χ3v) is 3.59. The number of hydrogen-bond donors (Lipinski definition) is 2. The lowest BCUT2D eigenvalue weighted by Gasteiger charge is -2.16. The highest BCUT2D eigenvalue weighted by Gasteiger charge is 2.10. The molecule has 0 bridgehead atoms. The van der Waals surface area contributed by atoms with E-state index < -0.39 is 5.82 Å². The van der Waals surface area contributed by atoms with Gasteiger partial charge < -0.3 is 16.0 Å². The molecule has 0 saturated heterocycles. The van der Waals surface area contributed by atoms with Gasteiger partial charge in [0.1, 0.15) is 5.82 Å². The maximum Gasteiger partial charge on any atom is 0.255 e. The molecule has 0 aliphatic carbocycles. The first-order valence-corrected chi connectivity index (χ1v) is 7.01. The summed E-state index contributed by atoms with van der Waals surface area (Å²) in [6, 6.07) is 9.44. The van der Waals surface area contributed by atoms with Gasteiger partial charge in [-0.05, 0) is 52.3 Å². The fourth-order valence-corrected chi connectivity index (χ4v) is 2.13. The minimum absolute atomic E-state index is 0.339. The van der Waals surface area contributed by atoms with Crippen LogP contribution < -0.4 is 16.0 Å². The number of halogens is 2. The Bertz CT molecular complexity index is 689. The number of nitrogens with two attached hydrogens (primary N) is 1. The predicted molar refractivity (Wildman–Crippen MR) is 87.2 cm³/mol. The molecular formula is C15H15BrFN3O. The molecule has 0 radical (unpaired) electrons. The molecule has 0 heterocycles. The van der Waals surface area contributed by atoms with Gasteiger partial charge in [0, 0.05) is 25.3 Å². The zero-order valence-electron chi connectivity index (χ0n) is 11.7. The van der Waals surface area contributed by atoms with Crippen LogP contribution in [0, 0.1) is 5.82 Å². The zero-order chi connectivity index (χ0) is 15.6. The molecule has 4 nitrogen and oxygen atoms in total. The molecule has 0 atom stereocenters. The topological polar surface area (TPSA) is 58.4 Å². The van der Waals surface area contributed by atoms with E-state index in [9.17, 15) is 9.18 Å². The summed E-state index contributed by atoms with van der Waals surface area (Å²) in [4.78, 5) is 14.0. The van der Waals surface area contributed by atoms with Crippen LogP contribution in [-0.4, -0.2) is 20.0 Å². The second-order valence-electron chi connectivity index (χ2n) is 4.75. The number of rotatable bonds is 3. The highest BCUT2D eigenvalue weighted by Crippen LogP contribution is 2.24.